The summed E-state index contributed by atoms with van der Waals surface area (Å²) in [6.45, 7) is 12.7. The summed E-state index contributed by atoms with van der Waals surface area (Å²) in [7, 11) is 0. The Kier molecular flexibility index (Phi) is 9.57. The molecule has 0 atom stereocenters. The fourth-order valence-corrected chi connectivity index (χ4v) is 5.58. The van der Waals surface area contributed by atoms with E-state index in [1.807, 2.05) is 12.1 Å². The molecule has 2 aromatic heterocycles. The first kappa shape index (κ1) is 30.2. The highest BCUT2D eigenvalue weighted by atomic mass is 16.1. The molecule has 45 heavy (non-hydrogen) atoms. The fourth-order valence-electron chi connectivity index (χ4n) is 5.58. The van der Waals surface area contributed by atoms with E-state index in [0.29, 0.717) is 29.2 Å². The molecule has 232 valence electrons. The molecule has 6 rings (SSSR count). The molecule has 11 nitrogen and oxygen atoms in total. The maximum Gasteiger partial charge on any atom is 0.251 e. The molecule has 2 N–H and O–H groups in total. The van der Waals surface area contributed by atoms with Crippen molar-refractivity contribution < 1.29 is 4.79 Å². The van der Waals surface area contributed by atoms with Crippen LogP contribution in [-0.2, 0) is 6.54 Å². The Morgan fingerprint density at radius 1 is 0.867 bits per heavy atom. The molecule has 5 aromatic rings. The number of hydrogen-bond donors (Lipinski definition) is 2. The molecule has 0 spiro atoms. The highest BCUT2D eigenvalue weighted by Crippen LogP contribution is 2.23. The Morgan fingerprint density at radius 3 is 2.29 bits per heavy atom. The van der Waals surface area contributed by atoms with Crippen LogP contribution in [0.2, 0.25) is 0 Å². The fraction of sp³-hybridized carbons (Fsp3) is 0.324. The van der Waals surface area contributed by atoms with Crippen molar-refractivity contribution in [2.75, 3.05) is 62.6 Å². The van der Waals surface area contributed by atoms with Crippen LogP contribution in [0.1, 0.15) is 29.8 Å². The quantitative estimate of drug-likeness (QED) is 0.215. The minimum atomic E-state index is -0.0951. The van der Waals surface area contributed by atoms with Crippen LogP contribution in [0.25, 0.3) is 16.9 Å². The topological polar surface area (TPSA) is 107 Å². The zero-order valence-electron chi connectivity index (χ0n) is 25.9. The monoisotopic (exact) mass is 604 g/mol. The van der Waals surface area contributed by atoms with Crippen LogP contribution >= 0.6 is 0 Å². The number of aromatic nitrogens is 5. The third-order valence-electron chi connectivity index (χ3n) is 8.28. The standard InChI is InChI=1S/C34H40N10O/c1-3-41(4-2)19-18-35-33(45)27-10-14-30(15-11-27)44-32-31(39-40-44)24-36-34(38-32)37-28-12-16-29(17-13-28)43-22-20-42(21-23-43)25-26-8-6-5-7-9-26/h5-17,24H,3-4,18-23,25H2,1-2H3,(H,35,45)(H,36,37,38). The van der Waals surface area contributed by atoms with Crippen LogP contribution in [-0.4, -0.2) is 93.0 Å². The van der Waals surface area contributed by atoms with Crippen molar-refractivity contribution in [2.24, 2.45) is 0 Å². The van der Waals surface area contributed by atoms with Gasteiger partial charge in [0.1, 0.15) is 0 Å². The second kappa shape index (κ2) is 14.3. The maximum absolute atomic E-state index is 12.6. The molecule has 1 aliphatic rings. The molecular weight excluding hydrogens is 564 g/mol. The Hall–Kier alpha value is -4.87. The lowest BCUT2D eigenvalue weighted by atomic mass is 10.2. The largest absolute Gasteiger partial charge is 0.369 e. The van der Waals surface area contributed by atoms with Gasteiger partial charge in [-0.1, -0.05) is 49.4 Å². The third kappa shape index (κ3) is 7.44. The summed E-state index contributed by atoms with van der Waals surface area (Å²) >= 11 is 0. The van der Waals surface area contributed by atoms with Gasteiger partial charge in [0.25, 0.3) is 5.91 Å². The minimum absolute atomic E-state index is 0.0951. The number of rotatable bonds is 12. The van der Waals surface area contributed by atoms with Crippen LogP contribution in [0.4, 0.5) is 17.3 Å². The average molecular weight is 605 g/mol. The summed E-state index contributed by atoms with van der Waals surface area (Å²) in [5.74, 6) is 0.361. The van der Waals surface area contributed by atoms with Crippen molar-refractivity contribution in [2.45, 2.75) is 20.4 Å². The first-order valence-corrected chi connectivity index (χ1v) is 15.7. The van der Waals surface area contributed by atoms with Crippen LogP contribution in [0.3, 0.4) is 0 Å². The lowest BCUT2D eigenvalue weighted by Gasteiger charge is -2.36. The Balaban J connectivity index is 1.06. The first-order valence-electron chi connectivity index (χ1n) is 15.7. The van der Waals surface area contributed by atoms with Crippen molar-refractivity contribution in [3.05, 3.63) is 96.2 Å². The van der Waals surface area contributed by atoms with Crippen LogP contribution < -0.4 is 15.5 Å². The smallest absolute Gasteiger partial charge is 0.251 e. The van der Waals surface area contributed by atoms with E-state index in [1.165, 1.54) is 11.3 Å². The van der Waals surface area contributed by atoms with E-state index in [-0.39, 0.29) is 5.91 Å². The van der Waals surface area contributed by atoms with Crippen molar-refractivity contribution in [1.82, 2.24) is 40.1 Å². The number of anilines is 3. The number of fused-ring (bicyclic) bond motifs is 1. The third-order valence-corrected chi connectivity index (χ3v) is 8.28. The van der Waals surface area contributed by atoms with Gasteiger partial charge in [0.05, 0.1) is 11.9 Å². The van der Waals surface area contributed by atoms with Crippen molar-refractivity contribution in [3.8, 4) is 5.69 Å². The Morgan fingerprint density at radius 2 is 1.58 bits per heavy atom. The zero-order valence-corrected chi connectivity index (χ0v) is 25.9. The molecular formula is C34H40N10O. The van der Waals surface area contributed by atoms with Gasteiger partial charge in [-0.2, -0.15) is 9.67 Å². The van der Waals surface area contributed by atoms with Crippen molar-refractivity contribution >= 4 is 34.4 Å². The van der Waals surface area contributed by atoms with Crippen LogP contribution in [0.15, 0.2) is 85.1 Å². The van der Waals surface area contributed by atoms with Gasteiger partial charge in [0.2, 0.25) is 5.95 Å². The summed E-state index contributed by atoms with van der Waals surface area (Å²) in [5, 5.41) is 14.8. The van der Waals surface area contributed by atoms with E-state index >= 15 is 0 Å². The number of benzene rings is 3. The molecule has 0 unspecified atom stereocenters. The van der Waals surface area contributed by atoms with E-state index in [0.717, 1.165) is 63.7 Å². The molecule has 1 saturated heterocycles. The number of likely N-dealkylation sites (N-methyl/N-ethyl adjacent to an activating group) is 1. The number of amides is 1. The predicted octanol–water partition coefficient (Wildman–Crippen LogP) is 4.35. The summed E-state index contributed by atoms with van der Waals surface area (Å²) in [6.07, 6.45) is 1.66. The number of nitrogens with zero attached hydrogens (tertiary/aromatic N) is 8. The SMILES string of the molecule is CCN(CC)CCNC(=O)c1ccc(-n2nnc3cnc(Nc4ccc(N5CCN(Cc6ccccc6)CC5)cc4)nc32)cc1. The molecule has 0 saturated carbocycles. The van der Waals surface area contributed by atoms with Crippen molar-refractivity contribution in [3.63, 3.8) is 0 Å². The normalized spacial score (nSPS) is 13.8. The van der Waals surface area contributed by atoms with Crippen LogP contribution in [0, 0.1) is 0 Å². The second-order valence-electron chi connectivity index (χ2n) is 11.2. The highest BCUT2D eigenvalue weighted by Gasteiger charge is 2.18. The van der Waals surface area contributed by atoms with Gasteiger partial charge in [0.15, 0.2) is 11.2 Å². The van der Waals surface area contributed by atoms with E-state index in [2.05, 4.69) is 109 Å². The van der Waals surface area contributed by atoms with Crippen molar-refractivity contribution in [1.29, 1.82) is 0 Å². The zero-order chi connectivity index (χ0) is 31.0. The second-order valence-corrected chi connectivity index (χ2v) is 11.2. The van der Waals surface area contributed by atoms with E-state index in [9.17, 15) is 4.79 Å². The molecule has 0 bridgehead atoms. The van der Waals surface area contributed by atoms with Crippen LogP contribution in [0.5, 0.6) is 0 Å². The summed E-state index contributed by atoms with van der Waals surface area (Å²) in [5.41, 5.74) is 5.98. The van der Waals surface area contributed by atoms with E-state index in [4.69, 9.17) is 4.98 Å². The molecule has 0 radical (unpaired) electrons. The van der Waals surface area contributed by atoms with Gasteiger partial charge in [-0.3, -0.25) is 9.69 Å². The first-order chi connectivity index (χ1) is 22.1. The molecule has 1 amide bonds. The summed E-state index contributed by atoms with van der Waals surface area (Å²) < 4.78 is 1.66. The lowest BCUT2D eigenvalue weighted by Crippen LogP contribution is -2.45. The van der Waals surface area contributed by atoms with Gasteiger partial charge < -0.3 is 20.4 Å². The van der Waals surface area contributed by atoms with E-state index in [1.54, 1.807) is 23.0 Å². The van der Waals surface area contributed by atoms with E-state index < -0.39 is 0 Å². The average Bonchev–Trinajstić information content (AvgIpc) is 3.51. The number of carbonyl (C=O) groups excluding carboxylic acids is 1. The molecule has 11 heteroatoms. The Labute approximate surface area is 263 Å². The summed E-state index contributed by atoms with van der Waals surface area (Å²) in [6, 6.07) is 26.3. The molecule has 3 heterocycles. The predicted molar refractivity (Wildman–Crippen MR) is 178 cm³/mol. The summed E-state index contributed by atoms with van der Waals surface area (Å²) in [4.78, 5) is 29.0. The molecule has 0 aliphatic carbocycles. The number of piperazine rings is 1. The van der Waals surface area contributed by atoms with Gasteiger partial charge in [-0.15, -0.1) is 5.10 Å². The lowest BCUT2D eigenvalue weighted by molar-refractivity contribution is 0.0949. The maximum atomic E-state index is 12.6. The highest BCUT2D eigenvalue weighted by molar-refractivity contribution is 5.94. The van der Waals surface area contributed by atoms with Gasteiger partial charge >= 0.3 is 0 Å². The minimum Gasteiger partial charge on any atom is -0.369 e. The van der Waals surface area contributed by atoms with Gasteiger partial charge in [-0.05, 0) is 67.2 Å². The molecule has 3 aromatic carbocycles. The van der Waals surface area contributed by atoms with Gasteiger partial charge in [-0.25, -0.2) is 4.98 Å². The number of carbonyl (C=O) groups is 1. The number of nitrogens with one attached hydrogen (secondary N) is 2. The molecule has 1 aliphatic heterocycles. The number of hydrogen-bond acceptors (Lipinski definition) is 9. The molecule has 1 fully saturated rings. The Bertz CT molecular complexity index is 1680. The van der Waals surface area contributed by atoms with Gasteiger partial charge in [0, 0.05) is 62.8 Å².